The molecular weight excluding hydrogens is 321 g/mol. The number of benzene rings is 1. The molecule has 1 heterocycles. The van der Waals surface area contributed by atoms with E-state index >= 15 is 0 Å². The number of halogens is 2. The van der Waals surface area contributed by atoms with Crippen LogP contribution in [0.4, 0.5) is 5.69 Å². The molecule has 0 unspecified atom stereocenters. The predicted octanol–water partition coefficient (Wildman–Crippen LogP) is 3.68. The normalized spacial score (nSPS) is 16.2. The number of hydrogen-bond donors (Lipinski definition) is 2. The van der Waals surface area contributed by atoms with Crippen molar-refractivity contribution in [2.45, 2.75) is 37.6 Å². The van der Waals surface area contributed by atoms with Crippen LogP contribution in [0.3, 0.4) is 0 Å². The summed E-state index contributed by atoms with van der Waals surface area (Å²) in [6.07, 6.45) is 6.55. The summed E-state index contributed by atoms with van der Waals surface area (Å²) in [5.74, 6) is -0.0690. The van der Waals surface area contributed by atoms with Crippen LogP contribution in [0.5, 0.6) is 0 Å². The zero-order valence-electron chi connectivity index (χ0n) is 12.2. The summed E-state index contributed by atoms with van der Waals surface area (Å²) in [6.45, 7) is 0. The third kappa shape index (κ3) is 3.88. The minimum atomic E-state index is -0.706. The molecule has 22 heavy (non-hydrogen) atoms. The molecule has 6 heteroatoms. The zero-order valence-corrected chi connectivity index (χ0v) is 13.9. The summed E-state index contributed by atoms with van der Waals surface area (Å²) in [4.78, 5) is 16.6. The third-order valence-electron chi connectivity index (χ3n) is 4.06. The standard InChI is InChI=1S/C16H19N3O.2ClH/c17-16(8-2-1-3-9-16)15(20)19-13-6-7-14-12(11-13)5-4-10-18-14;;/h4-7,10-11H,1-3,8-9,17H2,(H,19,20);2*1H. The number of anilines is 1. The van der Waals surface area contributed by atoms with Crippen molar-refractivity contribution in [1.82, 2.24) is 4.98 Å². The third-order valence-corrected chi connectivity index (χ3v) is 4.06. The quantitative estimate of drug-likeness (QED) is 0.875. The van der Waals surface area contributed by atoms with Gasteiger partial charge in [-0.1, -0.05) is 25.3 Å². The number of aromatic nitrogens is 1. The van der Waals surface area contributed by atoms with Gasteiger partial charge in [0, 0.05) is 17.3 Å². The fourth-order valence-corrected chi connectivity index (χ4v) is 2.82. The number of rotatable bonds is 2. The molecule has 3 rings (SSSR count). The fraction of sp³-hybridized carbons (Fsp3) is 0.375. The van der Waals surface area contributed by atoms with Gasteiger partial charge in [-0.2, -0.15) is 0 Å². The first-order valence-electron chi connectivity index (χ1n) is 7.13. The molecular formula is C16H21Cl2N3O. The highest BCUT2D eigenvalue weighted by Gasteiger charge is 2.35. The molecule has 1 fully saturated rings. The molecule has 1 aromatic heterocycles. The Labute approximate surface area is 142 Å². The predicted molar refractivity (Wildman–Crippen MR) is 94.9 cm³/mol. The Hall–Kier alpha value is -1.36. The number of nitrogens with two attached hydrogens (primary N) is 1. The van der Waals surface area contributed by atoms with Gasteiger partial charge >= 0.3 is 0 Å². The maximum atomic E-state index is 12.4. The molecule has 0 spiro atoms. The van der Waals surface area contributed by atoms with Crippen molar-refractivity contribution in [1.29, 1.82) is 0 Å². The van der Waals surface area contributed by atoms with Gasteiger partial charge in [-0.05, 0) is 37.1 Å². The average molecular weight is 342 g/mol. The number of carbonyl (C=O) groups is 1. The van der Waals surface area contributed by atoms with Gasteiger partial charge in [-0.3, -0.25) is 9.78 Å². The lowest BCUT2D eigenvalue weighted by Gasteiger charge is -2.31. The van der Waals surface area contributed by atoms with Gasteiger partial charge in [0.25, 0.3) is 0 Å². The Morgan fingerprint density at radius 1 is 1.14 bits per heavy atom. The average Bonchev–Trinajstić information content (AvgIpc) is 2.48. The molecule has 1 aliphatic carbocycles. The van der Waals surface area contributed by atoms with Crippen molar-refractivity contribution in [3.8, 4) is 0 Å². The van der Waals surface area contributed by atoms with Gasteiger partial charge in [0.15, 0.2) is 0 Å². The summed E-state index contributed by atoms with van der Waals surface area (Å²) in [5, 5.41) is 3.97. The molecule has 0 bridgehead atoms. The van der Waals surface area contributed by atoms with Gasteiger partial charge < -0.3 is 11.1 Å². The van der Waals surface area contributed by atoms with Crippen molar-refractivity contribution < 1.29 is 4.79 Å². The van der Waals surface area contributed by atoms with E-state index in [1.165, 1.54) is 6.42 Å². The van der Waals surface area contributed by atoms with E-state index in [1.807, 2.05) is 30.3 Å². The number of nitrogens with one attached hydrogen (secondary N) is 1. The van der Waals surface area contributed by atoms with Crippen molar-refractivity contribution >= 4 is 47.3 Å². The molecule has 1 amide bonds. The van der Waals surface area contributed by atoms with Crippen molar-refractivity contribution in [2.24, 2.45) is 5.73 Å². The Kier molecular flexibility index (Phi) is 6.60. The van der Waals surface area contributed by atoms with Crippen LogP contribution in [0.25, 0.3) is 10.9 Å². The van der Waals surface area contributed by atoms with E-state index < -0.39 is 5.54 Å². The molecule has 1 aliphatic rings. The van der Waals surface area contributed by atoms with Crippen LogP contribution in [0.15, 0.2) is 36.5 Å². The maximum Gasteiger partial charge on any atom is 0.244 e. The van der Waals surface area contributed by atoms with Crippen LogP contribution in [0.2, 0.25) is 0 Å². The SMILES string of the molecule is Cl.Cl.NC1(C(=O)Nc2ccc3ncccc3c2)CCCCC1. The summed E-state index contributed by atoms with van der Waals surface area (Å²) in [5.41, 5.74) is 7.24. The summed E-state index contributed by atoms with van der Waals surface area (Å²) >= 11 is 0. The summed E-state index contributed by atoms with van der Waals surface area (Å²) in [7, 11) is 0. The molecule has 4 nitrogen and oxygen atoms in total. The number of hydrogen-bond acceptors (Lipinski definition) is 3. The highest BCUT2D eigenvalue weighted by atomic mass is 35.5. The van der Waals surface area contributed by atoms with E-state index in [2.05, 4.69) is 10.3 Å². The molecule has 0 atom stereocenters. The lowest BCUT2D eigenvalue weighted by atomic mass is 9.82. The molecule has 1 aromatic carbocycles. The number of amides is 1. The second kappa shape index (κ2) is 7.77. The monoisotopic (exact) mass is 341 g/mol. The smallest absolute Gasteiger partial charge is 0.244 e. The van der Waals surface area contributed by atoms with Gasteiger partial charge in [0.05, 0.1) is 11.1 Å². The number of pyridine rings is 1. The van der Waals surface area contributed by atoms with Crippen LogP contribution in [-0.4, -0.2) is 16.4 Å². The molecule has 0 aliphatic heterocycles. The van der Waals surface area contributed by atoms with E-state index in [1.54, 1.807) is 6.20 Å². The molecule has 1 saturated carbocycles. The second-order valence-electron chi connectivity index (χ2n) is 5.58. The first-order chi connectivity index (χ1) is 9.67. The highest BCUT2D eigenvalue weighted by Crippen LogP contribution is 2.27. The maximum absolute atomic E-state index is 12.4. The molecule has 2 aromatic rings. The Morgan fingerprint density at radius 3 is 2.59 bits per heavy atom. The first kappa shape index (κ1) is 18.7. The van der Waals surface area contributed by atoms with Crippen LogP contribution in [-0.2, 0) is 4.79 Å². The van der Waals surface area contributed by atoms with Crippen LogP contribution >= 0.6 is 24.8 Å². The van der Waals surface area contributed by atoms with Gasteiger partial charge in [-0.25, -0.2) is 0 Å². The van der Waals surface area contributed by atoms with E-state index in [-0.39, 0.29) is 30.7 Å². The van der Waals surface area contributed by atoms with E-state index in [0.29, 0.717) is 0 Å². The van der Waals surface area contributed by atoms with Crippen LogP contribution < -0.4 is 11.1 Å². The minimum absolute atomic E-state index is 0. The van der Waals surface area contributed by atoms with Crippen molar-refractivity contribution in [2.75, 3.05) is 5.32 Å². The second-order valence-corrected chi connectivity index (χ2v) is 5.58. The number of nitrogens with zero attached hydrogens (tertiary/aromatic N) is 1. The van der Waals surface area contributed by atoms with E-state index in [9.17, 15) is 4.79 Å². The lowest BCUT2D eigenvalue weighted by molar-refractivity contribution is -0.122. The van der Waals surface area contributed by atoms with E-state index in [0.717, 1.165) is 42.3 Å². The highest BCUT2D eigenvalue weighted by molar-refractivity contribution is 5.99. The topological polar surface area (TPSA) is 68.0 Å². The first-order valence-corrected chi connectivity index (χ1v) is 7.13. The van der Waals surface area contributed by atoms with Gasteiger partial charge in [-0.15, -0.1) is 24.8 Å². The summed E-state index contributed by atoms with van der Waals surface area (Å²) in [6, 6.07) is 9.59. The molecule has 0 radical (unpaired) electrons. The summed E-state index contributed by atoms with van der Waals surface area (Å²) < 4.78 is 0. The minimum Gasteiger partial charge on any atom is -0.324 e. The zero-order chi connectivity index (χ0) is 14.0. The van der Waals surface area contributed by atoms with Crippen LogP contribution in [0.1, 0.15) is 32.1 Å². The van der Waals surface area contributed by atoms with Crippen molar-refractivity contribution in [3.63, 3.8) is 0 Å². The largest absolute Gasteiger partial charge is 0.324 e. The van der Waals surface area contributed by atoms with Gasteiger partial charge in [0.2, 0.25) is 5.91 Å². The van der Waals surface area contributed by atoms with Gasteiger partial charge in [0.1, 0.15) is 0 Å². The lowest BCUT2D eigenvalue weighted by Crippen LogP contribution is -2.52. The molecule has 120 valence electrons. The Balaban J connectivity index is 0.00000121. The Bertz CT molecular complexity index is 642. The fourth-order valence-electron chi connectivity index (χ4n) is 2.82. The van der Waals surface area contributed by atoms with E-state index in [4.69, 9.17) is 5.73 Å². The van der Waals surface area contributed by atoms with Crippen LogP contribution in [0, 0.1) is 0 Å². The number of carbonyl (C=O) groups excluding carboxylic acids is 1. The molecule has 3 N–H and O–H groups in total. The van der Waals surface area contributed by atoms with Crippen molar-refractivity contribution in [3.05, 3.63) is 36.5 Å². The number of fused-ring (bicyclic) bond motifs is 1. The molecule has 0 saturated heterocycles. The Morgan fingerprint density at radius 2 is 1.86 bits per heavy atom.